The van der Waals surface area contributed by atoms with E-state index in [2.05, 4.69) is 145 Å². The maximum Gasteiger partial charge on any atom is 0.163 e. The number of aromatic hydroxyl groups is 1. The van der Waals surface area contributed by atoms with Crippen LogP contribution in [0.2, 0.25) is 19.6 Å². The highest BCUT2D eigenvalue weighted by atomic mass is 28.3. The van der Waals surface area contributed by atoms with Crippen molar-refractivity contribution in [3.63, 3.8) is 0 Å². The van der Waals surface area contributed by atoms with E-state index in [1.165, 1.54) is 5.19 Å². The largest absolute Gasteiger partial charge is 0.505 e. The van der Waals surface area contributed by atoms with Gasteiger partial charge in [-0.1, -0.05) is 110 Å². The van der Waals surface area contributed by atoms with Gasteiger partial charge in [-0.25, -0.2) is 9.97 Å². The molecule has 3 aromatic heterocycles. The number of nitrogens with zero attached hydrogens (tertiary/aromatic N) is 4. The van der Waals surface area contributed by atoms with Gasteiger partial charge in [-0.15, -0.1) is 0 Å². The lowest BCUT2D eigenvalue weighted by Crippen LogP contribution is -2.37. The van der Waals surface area contributed by atoms with E-state index in [1.807, 2.05) is 19.2 Å². The van der Waals surface area contributed by atoms with Gasteiger partial charge in [0.25, 0.3) is 0 Å². The number of imidazole rings is 1. The van der Waals surface area contributed by atoms with Crippen molar-refractivity contribution in [1.29, 1.82) is 0 Å². The first-order valence-corrected chi connectivity index (χ1v) is 19.9. The van der Waals surface area contributed by atoms with Crippen molar-refractivity contribution in [2.75, 3.05) is 0 Å². The van der Waals surface area contributed by atoms with E-state index >= 15 is 0 Å². The van der Waals surface area contributed by atoms with Crippen molar-refractivity contribution in [3.05, 3.63) is 102 Å². The molecule has 0 unspecified atom stereocenters. The van der Waals surface area contributed by atoms with Crippen LogP contribution in [-0.4, -0.2) is 32.7 Å². The summed E-state index contributed by atoms with van der Waals surface area (Å²) in [6, 6.07) is 29.9. The Labute approximate surface area is 280 Å². The van der Waals surface area contributed by atoms with Crippen LogP contribution in [0, 0.1) is 0 Å². The van der Waals surface area contributed by atoms with E-state index < -0.39 is 8.07 Å². The number of para-hydroxylation sites is 1. The van der Waals surface area contributed by atoms with Crippen LogP contribution in [0.3, 0.4) is 0 Å². The average molecular weight is 639 g/mol. The summed E-state index contributed by atoms with van der Waals surface area (Å²) in [5.41, 5.74) is 10.0. The molecule has 0 aliphatic carbocycles. The fourth-order valence-electron chi connectivity index (χ4n) is 6.05. The predicted molar refractivity (Wildman–Crippen MR) is 200 cm³/mol. The number of aryl methyl sites for hydroxylation is 1. The molecule has 6 heteroatoms. The first kappa shape index (κ1) is 32.4. The molecule has 0 aliphatic heterocycles. The summed E-state index contributed by atoms with van der Waals surface area (Å²) in [4.78, 5) is 15.2. The maximum atomic E-state index is 11.7. The molecule has 1 N–H and O–H groups in total. The van der Waals surface area contributed by atoms with E-state index in [4.69, 9.17) is 15.0 Å². The third-order valence-corrected chi connectivity index (χ3v) is 11.0. The minimum Gasteiger partial charge on any atom is -0.505 e. The highest BCUT2D eigenvalue weighted by molar-refractivity contribution is 6.88. The maximum absolute atomic E-state index is 11.7. The molecule has 3 aromatic carbocycles. The summed E-state index contributed by atoms with van der Waals surface area (Å²) in [6.45, 7) is 19.9. The molecule has 47 heavy (non-hydrogen) atoms. The molecule has 3 heterocycles. The Morgan fingerprint density at radius 1 is 0.681 bits per heavy atom. The first-order chi connectivity index (χ1) is 22.0. The Morgan fingerprint density at radius 2 is 1.36 bits per heavy atom. The predicted octanol–water partition coefficient (Wildman–Crippen LogP) is 9.88. The van der Waals surface area contributed by atoms with E-state index in [0.717, 1.165) is 55.8 Å². The molecule has 0 fully saturated rings. The van der Waals surface area contributed by atoms with Crippen LogP contribution >= 0.6 is 0 Å². The van der Waals surface area contributed by atoms with Crippen molar-refractivity contribution in [2.45, 2.75) is 72.0 Å². The smallest absolute Gasteiger partial charge is 0.163 e. The lowest BCUT2D eigenvalue weighted by Gasteiger charge is -2.26. The second kappa shape index (κ2) is 11.6. The van der Waals surface area contributed by atoms with Crippen LogP contribution < -0.4 is 5.19 Å². The Morgan fingerprint density at radius 3 is 1.98 bits per heavy atom. The van der Waals surface area contributed by atoms with Gasteiger partial charge in [0, 0.05) is 41.0 Å². The zero-order chi connectivity index (χ0) is 33.9. The monoisotopic (exact) mass is 638 g/mol. The lowest BCUT2D eigenvalue weighted by atomic mass is 9.82. The summed E-state index contributed by atoms with van der Waals surface area (Å²) < 4.78 is 2.05. The summed E-state index contributed by atoms with van der Waals surface area (Å²) in [7, 11) is 0.531. The molecular weight excluding hydrogens is 593 g/mol. The zero-order valence-electron chi connectivity index (χ0n) is 29.4. The molecule has 0 radical (unpaired) electrons. The highest BCUT2D eigenvalue weighted by Gasteiger charge is 2.29. The zero-order valence-corrected chi connectivity index (χ0v) is 30.4. The van der Waals surface area contributed by atoms with Crippen molar-refractivity contribution in [3.8, 4) is 50.8 Å². The minimum atomic E-state index is -1.47. The molecule has 0 saturated carbocycles. The van der Waals surface area contributed by atoms with Gasteiger partial charge in [-0.05, 0) is 63.7 Å². The van der Waals surface area contributed by atoms with Gasteiger partial charge in [0.1, 0.15) is 11.4 Å². The topological polar surface area (TPSA) is 63.8 Å². The molecule has 0 aliphatic rings. The van der Waals surface area contributed by atoms with E-state index in [-0.39, 0.29) is 16.6 Å². The normalized spacial score (nSPS) is 12.6. The summed E-state index contributed by atoms with van der Waals surface area (Å²) in [5, 5.41) is 13.0. The van der Waals surface area contributed by atoms with Crippen molar-refractivity contribution in [1.82, 2.24) is 19.5 Å². The van der Waals surface area contributed by atoms with Gasteiger partial charge >= 0.3 is 0 Å². The van der Waals surface area contributed by atoms with Crippen LogP contribution in [0.4, 0.5) is 0 Å². The number of aromatic nitrogens is 4. The van der Waals surface area contributed by atoms with Crippen molar-refractivity contribution in [2.24, 2.45) is 7.05 Å². The van der Waals surface area contributed by atoms with E-state index in [1.54, 1.807) is 0 Å². The average Bonchev–Trinajstić information content (AvgIpc) is 3.36. The van der Waals surface area contributed by atoms with E-state index in [9.17, 15) is 5.11 Å². The lowest BCUT2D eigenvalue weighted by molar-refractivity contribution is 0.441. The van der Waals surface area contributed by atoms with Gasteiger partial charge in [-0.2, -0.15) is 0 Å². The molecule has 0 saturated heterocycles. The number of rotatable bonds is 5. The number of pyridine rings is 2. The van der Waals surface area contributed by atoms with Crippen LogP contribution in [0.1, 0.15) is 52.8 Å². The second-order valence-corrected chi connectivity index (χ2v) is 20.8. The molecule has 0 spiro atoms. The van der Waals surface area contributed by atoms with Crippen LogP contribution in [-0.2, 0) is 17.9 Å². The highest BCUT2D eigenvalue weighted by Crippen LogP contribution is 2.42. The molecule has 0 atom stereocenters. The third kappa shape index (κ3) is 6.27. The molecular formula is C41H46N4OSi. The van der Waals surface area contributed by atoms with Gasteiger partial charge in [0.05, 0.1) is 24.8 Å². The molecule has 5 nitrogen and oxygen atoms in total. The first-order valence-electron chi connectivity index (χ1n) is 16.4. The van der Waals surface area contributed by atoms with Crippen LogP contribution in [0.25, 0.3) is 56.1 Å². The number of hydrogen-bond donors (Lipinski definition) is 1. The second-order valence-electron chi connectivity index (χ2n) is 15.8. The van der Waals surface area contributed by atoms with Crippen LogP contribution in [0.15, 0.2) is 91.1 Å². The molecule has 0 amide bonds. The van der Waals surface area contributed by atoms with Crippen molar-refractivity contribution < 1.29 is 5.11 Å². The Bertz CT molecular complexity index is 2090. The Hall–Kier alpha value is -4.55. The van der Waals surface area contributed by atoms with Gasteiger partial charge in [-0.3, -0.25) is 4.98 Å². The summed E-state index contributed by atoms with van der Waals surface area (Å²) in [5.74, 6) is 0.830. The number of hydrogen-bond acceptors (Lipinski definition) is 4. The quantitative estimate of drug-likeness (QED) is 0.191. The molecule has 6 rings (SSSR count). The number of fused-ring (bicyclic) bond motifs is 1. The fraction of sp³-hybridized carbons (Fsp3) is 0.293. The van der Waals surface area contributed by atoms with Gasteiger partial charge in [0.15, 0.2) is 5.82 Å². The van der Waals surface area contributed by atoms with Crippen LogP contribution in [0.5, 0.6) is 5.75 Å². The Kier molecular flexibility index (Phi) is 8.00. The minimum absolute atomic E-state index is 0.187. The van der Waals surface area contributed by atoms with Gasteiger partial charge < -0.3 is 9.67 Å². The standard InChI is InChI=1S/C41H46N4OSi/c1-40(2,3)32-24-35(41(4,5)6)43-37(38(32)46)39-44-36-31(17-14-18-34(36)45(39)7)28-21-27(26-15-12-11-13-16-26)22-29(23-28)33-20-19-30(25-42-33)47(8,9)10/h11-25,46H,1-10H3. The third-order valence-electron chi connectivity index (χ3n) is 8.97. The number of benzene rings is 3. The Balaban J connectivity index is 1.58. The molecule has 0 bridgehead atoms. The van der Waals surface area contributed by atoms with Crippen molar-refractivity contribution >= 4 is 24.3 Å². The molecule has 240 valence electrons. The summed E-state index contributed by atoms with van der Waals surface area (Å²) >= 11 is 0. The molecule has 6 aromatic rings. The fourth-order valence-corrected chi connectivity index (χ4v) is 7.08. The summed E-state index contributed by atoms with van der Waals surface area (Å²) in [6.07, 6.45) is 2.05. The SMILES string of the molecule is Cn1c(-c2nc(C(C)(C)C)cc(C(C)(C)C)c2O)nc2c(-c3cc(-c4ccccc4)cc(-c4ccc([Si](C)(C)C)cn4)c3)cccc21. The van der Waals surface area contributed by atoms with E-state index in [0.29, 0.717) is 11.5 Å². The van der Waals surface area contributed by atoms with Gasteiger partial charge in [0.2, 0.25) is 0 Å².